The van der Waals surface area contributed by atoms with E-state index in [1.165, 1.54) is 6.92 Å². The molecule has 3 unspecified atom stereocenters. The molecule has 1 amide bonds. The van der Waals surface area contributed by atoms with Gasteiger partial charge in [-0.05, 0) is 66.8 Å². The summed E-state index contributed by atoms with van der Waals surface area (Å²) in [5.74, 6) is 1.45. The highest BCUT2D eigenvalue weighted by atomic mass is 16.7. The van der Waals surface area contributed by atoms with Crippen molar-refractivity contribution in [3.8, 4) is 22.7 Å². The van der Waals surface area contributed by atoms with Crippen LogP contribution in [0.2, 0.25) is 0 Å². The van der Waals surface area contributed by atoms with E-state index < -0.39 is 5.60 Å². The van der Waals surface area contributed by atoms with E-state index in [1.54, 1.807) is 0 Å². The van der Waals surface area contributed by atoms with Gasteiger partial charge >= 0.3 is 0 Å². The molecule has 1 aliphatic rings. The molecule has 1 saturated carbocycles. The van der Waals surface area contributed by atoms with Gasteiger partial charge in [-0.3, -0.25) is 14.7 Å². The third-order valence-corrected chi connectivity index (χ3v) is 7.44. The molecule has 0 spiro atoms. The Labute approximate surface area is 211 Å². The molecule has 5 rings (SSSR count). The van der Waals surface area contributed by atoms with Crippen molar-refractivity contribution in [3.05, 3.63) is 59.8 Å². The Balaban J connectivity index is 1.59. The first-order valence-corrected chi connectivity index (χ1v) is 12.7. The number of H-pyrrole nitrogens is 1. The number of carbonyl (C=O) groups is 1. The SMILES string of the molecule is CC(=O)NOC1(c2cccc(-c3n[nH]cc3-c3nc4ccc(C)cc4o3)c2)CC(C)CCC1C(C)C. The zero-order valence-electron chi connectivity index (χ0n) is 21.6. The molecule has 2 N–H and O–H groups in total. The number of oxazole rings is 1. The van der Waals surface area contributed by atoms with Crippen molar-refractivity contribution in [1.82, 2.24) is 20.7 Å². The van der Waals surface area contributed by atoms with Crippen molar-refractivity contribution in [1.29, 1.82) is 0 Å². The summed E-state index contributed by atoms with van der Waals surface area (Å²) >= 11 is 0. The van der Waals surface area contributed by atoms with Crippen LogP contribution in [0, 0.1) is 24.7 Å². The number of hydrogen-bond acceptors (Lipinski definition) is 5. The van der Waals surface area contributed by atoms with E-state index in [-0.39, 0.29) is 11.8 Å². The zero-order valence-corrected chi connectivity index (χ0v) is 21.6. The molecule has 36 heavy (non-hydrogen) atoms. The zero-order chi connectivity index (χ0) is 25.4. The topological polar surface area (TPSA) is 93.0 Å². The van der Waals surface area contributed by atoms with Gasteiger partial charge in [-0.2, -0.15) is 5.10 Å². The predicted octanol–water partition coefficient (Wildman–Crippen LogP) is 6.55. The van der Waals surface area contributed by atoms with E-state index in [1.807, 2.05) is 43.5 Å². The fraction of sp³-hybridized carbons (Fsp3) is 0.414. The fourth-order valence-corrected chi connectivity index (χ4v) is 5.76. The summed E-state index contributed by atoms with van der Waals surface area (Å²) < 4.78 is 6.11. The largest absolute Gasteiger partial charge is 0.436 e. The molecule has 7 nitrogen and oxygen atoms in total. The standard InChI is InChI=1S/C29H34N4O3/c1-17(2)24-11-9-19(4)15-29(24,36-33-20(5)34)22-8-6-7-21(14-22)27-23(16-30-32-27)28-31-25-12-10-18(3)13-26(25)35-28/h6-8,10,12-14,16-17,19,24H,9,11,15H2,1-5H3,(H,30,32)(H,33,34). The van der Waals surface area contributed by atoms with E-state index in [4.69, 9.17) is 14.2 Å². The molecule has 2 heterocycles. The van der Waals surface area contributed by atoms with Gasteiger partial charge in [-0.15, -0.1) is 0 Å². The summed E-state index contributed by atoms with van der Waals surface area (Å²) in [6.07, 6.45) is 4.84. The van der Waals surface area contributed by atoms with Crippen LogP contribution in [-0.2, 0) is 15.2 Å². The van der Waals surface area contributed by atoms with Crippen molar-refractivity contribution in [2.75, 3.05) is 0 Å². The third kappa shape index (κ3) is 4.44. The second-order valence-corrected chi connectivity index (χ2v) is 10.6. The Hall–Kier alpha value is -3.45. The van der Waals surface area contributed by atoms with Crippen LogP contribution in [0.25, 0.3) is 33.8 Å². The number of amides is 1. The summed E-state index contributed by atoms with van der Waals surface area (Å²) in [6.45, 7) is 10.2. The number of rotatable bonds is 6. The molecule has 188 valence electrons. The molecule has 4 aromatic rings. The van der Waals surface area contributed by atoms with E-state index in [2.05, 4.69) is 48.6 Å². The van der Waals surface area contributed by atoms with Crippen molar-refractivity contribution < 1.29 is 14.0 Å². The molecule has 2 aromatic carbocycles. The molecule has 3 atom stereocenters. The van der Waals surface area contributed by atoms with E-state index in [9.17, 15) is 4.79 Å². The quantitative estimate of drug-likeness (QED) is 0.302. The number of hydrogen-bond donors (Lipinski definition) is 2. The number of hydroxylamine groups is 1. The van der Waals surface area contributed by atoms with Gasteiger partial charge in [-0.25, -0.2) is 10.5 Å². The molecular weight excluding hydrogens is 452 g/mol. The van der Waals surface area contributed by atoms with Crippen LogP contribution < -0.4 is 5.48 Å². The number of nitrogens with one attached hydrogen (secondary N) is 2. The number of fused-ring (bicyclic) bond motifs is 1. The summed E-state index contributed by atoms with van der Waals surface area (Å²) in [5.41, 5.74) is 8.30. The van der Waals surface area contributed by atoms with Crippen molar-refractivity contribution in [3.63, 3.8) is 0 Å². The second kappa shape index (κ2) is 9.54. The van der Waals surface area contributed by atoms with Gasteiger partial charge in [0, 0.05) is 18.7 Å². The van der Waals surface area contributed by atoms with E-state index in [0.717, 1.165) is 58.3 Å². The first-order valence-electron chi connectivity index (χ1n) is 12.7. The maximum Gasteiger partial charge on any atom is 0.240 e. The third-order valence-electron chi connectivity index (χ3n) is 7.44. The van der Waals surface area contributed by atoms with Gasteiger partial charge in [0.1, 0.15) is 16.8 Å². The Morgan fingerprint density at radius 1 is 1.22 bits per heavy atom. The molecule has 2 aromatic heterocycles. The van der Waals surface area contributed by atoms with Crippen LogP contribution >= 0.6 is 0 Å². The number of carbonyl (C=O) groups excluding carboxylic acids is 1. The Morgan fingerprint density at radius 2 is 2.06 bits per heavy atom. The first kappa shape index (κ1) is 24.3. The number of aromatic nitrogens is 3. The Bertz CT molecular complexity index is 1390. The lowest BCUT2D eigenvalue weighted by molar-refractivity contribution is -0.188. The minimum absolute atomic E-state index is 0.202. The highest BCUT2D eigenvalue weighted by Crippen LogP contribution is 2.50. The van der Waals surface area contributed by atoms with Crippen LogP contribution in [0.1, 0.15) is 58.1 Å². The van der Waals surface area contributed by atoms with Crippen molar-refractivity contribution in [2.45, 2.75) is 59.5 Å². The highest BCUT2D eigenvalue weighted by Gasteiger charge is 2.48. The van der Waals surface area contributed by atoms with Gasteiger partial charge in [0.2, 0.25) is 11.8 Å². The summed E-state index contributed by atoms with van der Waals surface area (Å²) in [7, 11) is 0. The fourth-order valence-electron chi connectivity index (χ4n) is 5.76. The minimum Gasteiger partial charge on any atom is -0.436 e. The minimum atomic E-state index is -0.626. The van der Waals surface area contributed by atoms with Crippen LogP contribution in [-0.4, -0.2) is 21.1 Å². The molecule has 1 aliphatic carbocycles. The summed E-state index contributed by atoms with van der Waals surface area (Å²) in [5, 5.41) is 7.56. The summed E-state index contributed by atoms with van der Waals surface area (Å²) in [4.78, 5) is 22.9. The average Bonchev–Trinajstić information content (AvgIpc) is 3.49. The van der Waals surface area contributed by atoms with Crippen molar-refractivity contribution >= 4 is 17.0 Å². The predicted molar refractivity (Wildman–Crippen MR) is 140 cm³/mol. The highest BCUT2D eigenvalue weighted by molar-refractivity contribution is 5.82. The number of aryl methyl sites for hydroxylation is 1. The van der Waals surface area contributed by atoms with Crippen LogP contribution in [0.4, 0.5) is 0 Å². The molecule has 0 radical (unpaired) electrons. The molecule has 0 aliphatic heterocycles. The van der Waals surface area contributed by atoms with Gasteiger partial charge in [0.25, 0.3) is 0 Å². The first-order chi connectivity index (χ1) is 17.3. The Morgan fingerprint density at radius 3 is 2.83 bits per heavy atom. The molecule has 0 bridgehead atoms. The number of benzene rings is 2. The lowest BCUT2D eigenvalue weighted by atomic mass is 9.64. The lowest BCUT2D eigenvalue weighted by Crippen LogP contribution is -2.49. The van der Waals surface area contributed by atoms with Gasteiger partial charge in [0.05, 0.1) is 5.56 Å². The van der Waals surface area contributed by atoms with E-state index >= 15 is 0 Å². The normalized spacial score (nSPS) is 22.3. The lowest BCUT2D eigenvalue weighted by Gasteiger charge is -2.47. The Kier molecular flexibility index (Phi) is 6.43. The van der Waals surface area contributed by atoms with E-state index in [0.29, 0.717) is 17.7 Å². The second-order valence-electron chi connectivity index (χ2n) is 10.6. The van der Waals surface area contributed by atoms with Crippen LogP contribution in [0.3, 0.4) is 0 Å². The number of nitrogens with zero attached hydrogens (tertiary/aromatic N) is 2. The number of aromatic amines is 1. The van der Waals surface area contributed by atoms with Crippen LogP contribution in [0.5, 0.6) is 0 Å². The van der Waals surface area contributed by atoms with Gasteiger partial charge in [0.15, 0.2) is 5.58 Å². The smallest absolute Gasteiger partial charge is 0.240 e. The van der Waals surface area contributed by atoms with Crippen LogP contribution in [0.15, 0.2) is 53.1 Å². The monoisotopic (exact) mass is 486 g/mol. The average molecular weight is 487 g/mol. The molecule has 0 saturated heterocycles. The maximum absolute atomic E-state index is 11.9. The molecule has 7 heteroatoms. The molecular formula is C29H34N4O3. The summed E-state index contributed by atoms with van der Waals surface area (Å²) in [6, 6.07) is 14.3. The van der Waals surface area contributed by atoms with Crippen molar-refractivity contribution in [2.24, 2.45) is 17.8 Å². The van der Waals surface area contributed by atoms with Gasteiger partial charge in [-0.1, -0.05) is 51.5 Å². The molecule has 1 fully saturated rings. The van der Waals surface area contributed by atoms with Gasteiger partial charge < -0.3 is 4.42 Å². The maximum atomic E-state index is 11.9.